The SMILES string of the molecule is C=C1NCc2cn(CC)c3cccc1c23. The van der Waals surface area contributed by atoms with Gasteiger partial charge in [0.25, 0.3) is 0 Å². The lowest BCUT2D eigenvalue weighted by Gasteiger charge is -2.16. The molecule has 0 radical (unpaired) electrons. The highest BCUT2D eigenvalue weighted by atomic mass is 15.0. The average Bonchev–Trinajstić information content (AvgIpc) is 2.64. The Morgan fingerprint density at radius 1 is 1.47 bits per heavy atom. The van der Waals surface area contributed by atoms with Gasteiger partial charge >= 0.3 is 0 Å². The summed E-state index contributed by atoms with van der Waals surface area (Å²) in [6, 6.07) is 6.43. The maximum absolute atomic E-state index is 4.05. The Hall–Kier alpha value is -1.70. The molecule has 1 N–H and O–H groups in total. The Morgan fingerprint density at radius 2 is 2.33 bits per heavy atom. The highest BCUT2D eigenvalue weighted by Gasteiger charge is 2.17. The van der Waals surface area contributed by atoms with E-state index in [2.05, 4.69) is 47.8 Å². The normalized spacial score (nSPS) is 14.3. The fraction of sp³-hybridized carbons (Fsp3) is 0.231. The highest BCUT2D eigenvalue weighted by Crippen LogP contribution is 2.31. The van der Waals surface area contributed by atoms with E-state index in [0.717, 1.165) is 18.8 Å². The third-order valence-electron chi connectivity index (χ3n) is 3.14. The van der Waals surface area contributed by atoms with E-state index in [0.29, 0.717) is 0 Å². The first-order valence-electron chi connectivity index (χ1n) is 5.35. The lowest BCUT2D eigenvalue weighted by molar-refractivity contribution is 0.786. The van der Waals surface area contributed by atoms with Gasteiger partial charge in [0.15, 0.2) is 0 Å². The van der Waals surface area contributed by atoms with Gasteiger partial charge in [0, 0.05) is 41.4 Å². The van der Waals surface area contributed by atoms with E-state index in [9.17, 15) is 0 Å². The summed E-state index contributed by atoms with van der Waals surface area (Å²) in [7, 11) is 0. The van der Waals surface area contributed by atoms with Gasteiger partial charge in [-0.25, -0.2) is 0 Å². The fourth-order valence-electron chi connectivity index (χ4n) is 2.38. The van der Waals surface area contributed by atoms with Gasteiger partial charge in [0.05, 0.1) is 0 Å². The van der Waals surface area contributed by atoms with Crippen molar-refractivity contribution in [3.63, 3.8) is 0 Å². The van der Waals surface area contributed by atoms with Crippen molar-refractivity contribution in [3.8, 4) is 0 Å². The quantitative estimate of drug-likeness (QED) is 0.745. The van der Waals surface area contributed by atoms with Gasteiger partial charge in [-0.05, 0) is 18.6 Å². The Balaban J connectivity index is 2.45. The average molecular weight is 198 g/mol. The Morgan fingerprint density at radius 3 is 3.13 bits per heavy atom. The number of aromatic nitrogens is 1. The molecule has 0 atom stereocenters. The molecule has 0 amide bonds. The number of benzene rings is 1. The van der Waals surface area contributed by atoms with E-state index in [4.69, 9.17) is 0 Å². The molecule has 1 aliphatic rings. The van der Waals surface area contributed by atoms with Crippen LogP contribution in [0, 0.1) is 0 Å². The predicted octanol–water partition coefficient (Wildman–Crippen LogP) is 2.74. The molecule has 15 heavy (non-hydrogen) atoms. The van der Waals surface area contributed by atoms with Gasteiger partial charge in [0.1, 0.15) is 0 Å². The van der Waals surface area contributed by atoms with Crippen LogP contribution in [0.1, 0.15) is 18.1 Å². The van der Waals surface area contributed by atoms with Crippen LogP contribution >= 0.6 is 0 Å². The molecule has 0 bridgehead atoms. The largest absolute Gasteiger partial charge is 0.381 e. The van der Waals surface area contributed by atoms with Gasteiger partial charge in [0.2, 0.25) is 0 Å². The van der Waals surface area contributed by atoms with Crippen LogP contribution in [0.4, 0.5) is 0 Å². The van der Waals surface area contributed by atoms with Crippen molar-refractivity contribution in [2.24, 2.45) is 0 Å². The molecule has 0 fully saturated rings. The summed E-state index contributed by atoms with van der Waals surface area (Å²) in [5.74, 6) is 0. The van der Waals surface area contributed by atoms with Crippen LogP contribution in [0.15, 0.2) is 31.0 Å². The third kappa shape index (κ3) is 1.05. The van der Waals surface area contributed by atoms with Crippen LogP contribution in [0.3, 0.4) is 0 Å². The van der Waals surface area contributed by atoms with Gasteiger partial charge in [-0.3, -0.25) is 0 Å². The second kappa shape index (κ2) is 2.89. The monoisotopic (exact) mass is 198 g/mol. The van der Waals surface area contributed by atoms with Crippen LogP contribution in [0.2, 0.25) is 0 Å². The van der Waals surface area contributed by atoms with E-state index in [1.54, 1.807) is 0 Å². The van der Waals surface area contributed by atoms with E-state index >= 15 is 0 Å². The fourth-order valence-corrected chi connectivity index (χ4v) is 2.38. The molecule has 3 rings (SSSR count). The number of hydrogen-bond donors (Lipinski definition) is 1. The van der Waals surface area contributed by atoms with Crippen molar-refractivity contribution >= 4 is 16.6 Å². The Kier molecular flexibility index (Phi) is 1.66. The summed E-state index contributed by atoms with van der Waals surface area (Å²) in [4.78, 5) is 0. The molecule has 0 unspecified atom stereocenters. The minimum atomic E-state index is 0.902. The molecule has 76 valence electrons. The standard InChI is InChI=1S/C13H14N2/c1-3-15-8-10-7-14-9(2)11-5-4-6-12(15)13(10)11/h4-6,8,14H,2-3,7H2,1H3. The van der Waals surface area contributed by atoms with Gasteiger partial charge < -0.3 is 9.88 Å². The van der Waals surface area contributed by atoms with E-state index < -0.39 is 0 Å². The molecule has 1 aliphatic heterocycles. The van der Waals surface area contributed by atoms with Crippen molar-refractivity contribution in [1.82, 2.24) is 9.88 Å². The van der Waals surface area contributed by atoms with Crippen LogP contribution < -0.4 is 5.32 Å². The Labute approximate surface area is 89.2 Å². The van der Waals surface area contributed by atoms with Gasteiger partial charge in [-0.15, -0.1) is 0 Å². The minimum absolute atomic E-state index is 0.902. The molecule has 2 heterocycles. The summed E-state index contributed by atoms with van der Waals surface area (Å²) in [6.45, 7) is 8.15. The summed E-state index contributed by atoms with van der Waals surface area (Å²) in [6.07, 6.45) is 2.24. The molecule has 0 saturated carbocycles. The van der Waals surface area contributed by atoms with Gasteiger partial charge in [-0.1, -0.05) is 18.7 Å². The maximum atomic E-state index is 4.05. The molecule has 1 aromatic carbocycles. The lowest BCUT2D eigenvalue weighted by Crippen LogP contribution is -2.15. The second-order valence-electron chi connectivity index (χ2n) is 3.97. The molecule has 2 heteroatoms. The summed E-state index contributed by atoms with van der Waals surface area (Å²) >= 11 is 0. The van der Waals surface area contributed by atoms with Crippen molar-refractivity contribution in [1.29, 1.82) is 0 Å². The first kappa shape index (κ1) is 8.60. The topological polar surface area (TPSA) is 17.0 Å². The molecule has 2 aromatic rings. The summed E-state index contributed by atoms with van der Waals surface area (Å²) < 4.78 is 2.30. The third-order valence-corrected chi connectivity index (χ3v) is 3.14. The van der Waals surface area contributed by atoms with E-state index in [-0.39, 0.29) is 0 Å². The van der Waals surface area contributed by atoms with Crippen molar-refractivity contribution in [2.75, 3.05) is 0 Å². The maximum Gasteiger partial charge on any atom is 0.0490 e. The number of nitrogens with one attached hydrogen (secondary N) is 1. The smallest absolute Gasteiger partial charge is 0.0490 e. The number of nitrogens with zero attached hydrogens (tertiary/aromatic N) is 1. The van der Waals surface area contributed by atoms with Gasteiger partial charge in [-0.2, -0.15) is 0 Å². The Bertz CT molecular complexity index is 549. The number of hydrogen-bond acceptors (Lipinski definition) is 1. The highest BCUT2D eigenvalue weighted by molar-refractivity contribution is 5.96. The van der Waals surface area contributed by atoms with Crippen molar-refractivity contribution in [3.05, 3.63) is 42.1 Å². The zero-order valence-corrected chi connectivity index (χ0v) is 8.88. The first-order chi connectivity index (χ1) is 7.31. The van der Waals surface area contributed by atoms with Crippen molar-refractivity contribution < 1.29 is 0 Å². The first-order valence-corrected chi connectivity index (χ1v) is 5.35. The molecular weight excluding hydrogens is 184 g/mol. The molecule has 0 spiro atoms. The van der Waals surface area contributed by atoms with E-state index in [1.165, 1.54) is 22.0 Å². The van der Waals surface area contributed by atoms with Crippen LogP contribution in [-0.4, -0.2) is 4.57 Å². The molecule has 2 nitrogen and oxygen atoms in total. The number of aryl methyl sites for hydroxylation is 1. The predicted molar refractivity (Wildman–Crippen MR) is 63.5 cm³/mol. The molecule has 1 aromatic heterocycles. The van der Waals surface area contributed by atoms with Crippen LogP contribution in [0.5, 0.6) is 0 Å². The van der Waals surface area contributed by atoms with E-state index in [1.807, 2.05) is 0 Å². The molecule has 0 aliphatic carbocycles. The van der Waals surface area contributed by atoms with Crippen molar-refractivity contribution in [2.45, 2.75) is 20.0 Å². The van der Waals surface area contributed by atoms with Crippen LogP contribution in [-0.2, 0) is 13.1 Å². The second-order valence-corrected chi connectivity index (χ2v) is 3.97. The summed E-state index contributed by atoms with van der Waals surface area (Å²) in [5, 5.41) is 4.71. The minimum Gasteiger partial charge on any atom is -0.381 e. The summed E-state index contributed by atoms with van der Waals surface area (Å²) in [5.41, 5.74) is 5.01. The molecular formula is C13H14N2. The number of rotatable bonds is 1. The zero-order valence-electron chi connectivity index (χ0n) is 8.88. The zero-order chi connectivity index (χ0) is 10.4. The molecule has 0 saturated heterocycles. The lowest BCUT2D eigenvalue weighted by atomic mass is 10.0. The van der Waals surface area contributed by atoms with Crippen LogP contribution in [0.25, 0.3) is 16.6 Å².